The molecular formula is C16H25N3O5S. The molecule has 0 spiro atoms. The lowest BCUT2D eigenvalue weighted by Gasteiger charge is -2.18. The first-order chi connectivity index (χ1) is 12.0. The van der Waals surface area contributed by atoms with Crippen LogP contribution in [0.25, 0.3) is 0 Å². The smallest absolute Gasteiger partial charge is 0.312 e. The highest BCUT2D eigenvalue weighted by molar-refractivity contribution is 7.98. The van der Waals surface area contributed by atoms with Crippen molar-refractivity contribution >= 4 is 23.7 Å². The molecule has 1 aromatic carbocycles. The van der Waals surface area contributed by atoms with Crippen LogP contribution in [0.3, 0.4) is 0 Å². The lowest BCUT2D eigenvalue weighted by molar-refractivity contribution is -0.123. The first-order valence-corrected chi connectivity index (χ1v) is 8.97. The van der Waals surface area contributed by atoms with E-state index in [1.165, 1.54) is 21.3 Å². The Labute approximate surface area is 151 Å². The minimum Gasteiger partial charge on any atom is -0.493 e. The molecule has 1 aromatic rings. The van der Waals surface area contributed by atoms with Gasteiger partial charge in [-0.1, -0.05) is 0 Å². The van der Waals surface area contributed by atoms with Crippen molar-refractivity contribution in [2.45, 2.75) is 19.0 Å². The molecule has 1 rings (SSSR count). The van der Waals surface area contributed by atoms with Crippen molar-refractivity contribution in [2.75, 3.05) is 33.3 Å². The summed E-state index contributed by atoms with van der Waals surface area (Å²) in [4.78, 5) is 23.4. The zero-order valence-electron chi connectivity index (χ0n) is 14.9. The van der Waals surface area contributed by atoms with Crippen LogP contribution in [-0.4, -0.2) is 51.3 Å². The third-order valence-electron chi connectivity index (χ3n) is 3.43. The van der Waals surface area contributed by atoms with Crippen LogP contribution in [0.1, 0.15) is 12.0 Å². The molecule has 0 saturated heterocycles. The van der Waals surface area contributed by atoms with Crippen molar-refractivity contribution < 1.29 is 23.8 Å². The Morgan fingerprint density at radius 1 is 1.16 bits per heavy atom. The van der Waals surface area contributed by atoms with Crippen LogP contribution in [-0.2, 0) is 11.3 Å². The fourth-order valence-electron chi connectivity index (χ4n) is 2.23. The summed E-state index contributed by atoms with van der Waals surface area (Å²) < 4.78 is 15.8. The number of amides is 3. The number of nitrogens with two attached hydrogens (primary N) is 1. The Morgan fingerprint density at radius 3 is 2.20 bits per heavy atom. The number of benzene rings is 1. The molecule has 8 nitrogen and oxygen atoms in total. The van der Waals surface area contributed by atoms with E-state index in [0.29, 0.717) is 23.7 Å². The van der Waals surface area contributed by atoms with Crippen molar-refractivity contribution in [1.82, 2.24) is 10.6 Å². The first-order valence-electron chi connectivity index (χ1n) is 7.58. The number of hydrogen-bond donors (Lipinski definition) is 3. The van der Waals surface area contributed by atoms with E-state index >= 15 is 0 Å². The van der Waals surface area contributed by atoms with Gasteiger partial charge in [-0.25, -0.2) is 4.79 Å². The number of thioether (sulfide) groups is 1. The second-order valence-electron chi connectivity index (χ2n) is 5.09. The molecule has 4 N–H and O–H groups in total. The summed E-state index contributed by atoms with van der Waals surface area (Å²) in [7, 11) is 4.57. The molecule has 0 aliphatic heterocycles. The van der Waals surface area contributed by atoms with Gasteiger partial charge in [0, 0.05) is 6.54 Å². The SMILES string of the molecule is COc1cc(CNC(=O)[C@H](CCSC)NC(N)=O)cc(OC)c1OC. The average molecular weight is 371 g/mol. The summed E-state index contributed by atoms with van der Waals surface area (Å²) in [5, 5.41) is 5.24. The topological polar surface area (TPSA) is 112 Å². The highest BCUT2D eigenvalue weighted by Gasteiger charge is 2.20. The van der Waals surface area contributed by atoms with Crippen LogP contribution in [0.5, 0.6) is 17.2 Å². The lowest BCUT2D eigenvalue weighted by Crippen LogP contribution is -2.48. The Balaban J connectivity index is 2.84. The van der Waals surface area contributed by atoms with E-state index in [-0.39, 0.29) is 12.5 Å². The molecule has 25 heavy (non-hydrogen) atoms. The number of carbonyl (C=O) groups is 2. The molecule has 0 aliphatic carbocycles. The fraction of sp³-hybridized carbons (Fsp3) is 0.500. The summed E-state index contributed by atoms with van der Waals surface area (Å²) in [6, 6.07) is 2.10. The monoisotopic (exact) mass is 371 g/mol. The van der Waals surface area contributed by atoms with Gasteiger partial charge in [0.2, 0.25) is 11.7 Å². The highest BCUT2D eigenvalue weighted by Crippen LogP contribution is 2.38. The van der Waals surface area contributed by atoms with Crippen molar-refractivity contribution in [1.29, 1.82) is 0 Å². The number of methoxy groups -OCH3 is 3. The van der Waals surface area contributed by atoms with Gasteiger partial charge in [-0.3, -0.25) is 4.79 Å². The lowest BCUT2D eigenvalue weighted by atomic mass is 10.1. The Kier molecular flexibility index (Phi) is 8.76. The molecule has 0 radical (unpaired) electrons. The Morgan fingerprint density at radius 2 is 1.76 bits per heavy atom. The standard InChI is InChI=1S/C16H25N3O5S/c1-22-12-7-10(8-13(23-2)14(12)24-3)9-18-15(20)11(5-6-25-4)19-16(17)21/h7-8,11H,5-6,9H2,1-4H3,(H,18,20)(H3,17,19,21)/t11-/m0/s1. The first kappa shape index (κ1) is 20.8. The number of urea groups is 1. The van der Waals surface area contributed by atoms with Crippen molar-refractivity contribution in [3.8, 4) is 17.2 Å². The van der Waals surface area contributed by atoms with E-state index in [2.05, 4.69) is 10.6 Å². The van der Waals surface area contributed by atoms with Crippen LogP contribution in [0.4, 0.5) is 4.79 Å². The average Bonchev–Trinajstić information content (AvgIpc) is 2.61. The largest absolute Gasteiger partial charge is 0.493 e. The second kappa shape index (κ2) is 10.5. The summed E-state index contributed by atoms with van der Waals surface area (Å²) in [5.74, 6) is 1.90. The van der Waals surface area contributed by atoms with E-state index in [9.17, 15) is 9.59 Å². The van der Waals surface area contributed by atoms with Gasteiger partial charge in [0.25, 0.3) is 0 Å². The molecule has 1 atom stereocenters. The van der Waals surface area contributed by atoms with Gasteiger partial charge < -0.3 is 30.6 Å². The molecule has 0 unspecified atom stereocenters. The molecule has 0 aliphatic rings. The van der Waals surface area contributed by atoms with Gasteiger partial charge >= 0.3 is 6.03 Å². The van der Waals surface area contributed by atoms with Crippen LogP contribution in [0.15, 0.2) is 12.1 Å². The van der Waals surface area contributed by atoms with Crippen molar-refractivity contribution in [2.24, 2.45) is 5.73 Å². The molecule has 0 heterocycles. The molecule has 9 heteroatoms. The van der Waals surface area contributed by atoms with E-state index < -0.39 is 12.1 Å². The number of ether oxygens (including phenoxy) is 3. The second-order valence-corrected chi connectivity index (χ2v) is 6.08. The number of primary amides is 1. The van der Waals surface area contributed by atoms with E-state index in [1.807, 2.05) is 6.26 Å². The molecule has 0 saturated carbocycles. The minimum absolute atomic E-state index is 0.242. The van der Waals surface area contributed by atoms with E-state index in [1.54, 1.807) is 23.9 Å². The van der Waals surface area contributed by atoms with Gasteiger partial charge in [0.05, 0.1) is 21.3 Å². The zero-order chi connectivity index (χ0) is 18.8. The van der Waals surface area contributed by atoms with Crippen molar-refractivity contribution in [3.63, 3.8) is 0 Å². The van der Waals surface area contributed by atoms with Gasteiger partial charge in [-0.15, -0.1) is 0 Å². The minimum atomic E-state index is -0.728. The molecule has 0 aromatic heterocycles. The maximum atomic E-state index is 12.3. The summed E-state index contributed by atoms with van der Waals surface area (Å²) in [6.45, 7) is 0.242. The van der Waals surface area contributed by atoms with Gasteiger partial charge in [-0.05, 0) is 36.1 Å². The van der Waals surface area contributed by atoms with Gasteiger partial charge in [-0.2, -0.15) is 11.8 Å². The fourth-order valence-corrected chi connectivity index (χ4v) is 2.70. The normalized spacial score (nSPS) is 11.4. The number of carbonyl (C=O) groups excluding carboxylic acids is 2. The summed E-state index contributed by atoms with van der Waals surface area (Å²) in [6.07, 6.45) is 2.42. The van der Waals surface area contributed by atoms with Crippen LogP contribution < -0.4 is 30.6 Å². The van der Waals surface area contributed by atoms with Crippen molar-refractivity contribution in [3.05, 3.63) is 17.7 Å². The Hall–Kier alpha value is -2.29. The Bertz CT molecular complexity index is 572. The van der Waals surface area contributed by atoms with Crippen LogP contribution in [0, 0.1) is 0 Å². The maximum Gasteiger partial charge on any atom is 0.312 e. The molecular weight excluding hydrogens is 346 g/mol. The van der Waals surface area contributed by atoms with E-state index in [4.69, 9.17) is 19.9 Å². The number of hydrogen-bond acceptors (Lipinski definition) is 6. The molecule has 0 bridgehead atoms. The predicted molar refractivity (Wildman–Crippen MR) is 97.5 cm³/mol. The van der Waals surface area contributed by atoms with Gasteiger partial charge in [0.1, 0.15) is 6.04 Å². The molecule has 140 valence electrons. The number of nitrogens with one attached hydrogen (secondary N) is 2. The quantitative estimate of drug-likeness (QED) is 0.568. The van der Waals surface area contributed by atoms with E-state index in [0.717, 1.165) is 11.3 Å². The third-order valence-corrected chi connectivity index (χ3v) is 4.08. The van der Waals surface area contributed by atoms with Gasteiger partial charge in [0.15, 0.2) is 11.5 Å². The zero-order valence-corrected chi connectivity index (χ0v) is 15.7. The maximum absolute atomic E-state index is 12.3. The molecule has 3 amide bonds. The molecule has 0 fully saturated rings. The predicted octanol–water partition coefficient (Wildman–Crippen LogP) is 1.12. The number of rotatable bonds is 10. The summed E-state index contributed by atoms with van der Waals surface area (Å²) >= 11 is 1.58. The summed E-state index contributed by atoms with van der Waals surface area (Å²) in [5.41, 5.74) is 5.90. The highest BCUT2D eigenvalue weighted by atomic mass is 32.2. The third kappa shape index (κ3) is 6.26. The van der Waals surface area contributed by atoms with Crippen LogP contribution in [0.2, 0.25) is 0 Å². The van der Waals surface area contributed by atoms with Crippen LogP contribution >= 0.6 is 11.8 Å².